The Bertz CT molecular complexity index is 1340. The number of carbonyl (C=O) groups excluding carboxylic acids is 2. The van der Waals surface area contributed by atoms with Crippen LogP contribution in [-0.4, -0.2) is 45.1 Å². The first-order valence-corrected chi connectivity index (χ1v) is 16.9. The molecule has 2 N–H and O–H groups in total. The minimum absolute atomic E-state index is 0.0219. The number of H-pyrrole nitrogens is 1. The summed E-state index contributed by atoms with van der Waals surface area (Å²) in [7, 11) is 0. The van der Waals surface area contributed by atoms with Crippen LogP contribution in [0.15, 0.2) is 12.1 Å². The van der Waals surface area contributed by atoms with Crippen LogP contribution in [0.2, 0.25) is 15.1 Å². The monoisotopic (exact) mass is 669 g/mol. The maximum atomic E-state index is 12.3. The van der Waals surface area contributed by atoms with Crippen LogP contribution in [-0.2, 0) is 19.7 Å². The first-order valence-electron chi connectivity index (χ1n) is 15.7. The number of rotatable bonds is 18. The van der Waals surface area contributed by atoms with Gasteiger partial charge < -0.3 is 14.5 Å². The molecular weight excluding hydrogens is 625 g/mol. The lowest BCUT2D eigenvalue weighted by molar-refractivity contribution is -0.144. The van der Waals surface area contributed by atoms with E-state index in [9.17, 15) is 9.59 Å². The van der Waals surface area contributed by atoms with Gasteiger partial charge in [-0.05, 0) is 18.6 Å². The first-order chi connectivity index (χ1) is 21.0. The van der Waals surface area contributed by atoms with Gasteiger partial charge in [0.05, 0.1) is 34.3 Å². The molecule has 3 rings (SSSR count). The average molecular weight is 671 g/mol. The van der Waals surface area contributed by atoms with Crippen molar-refractivity contribution in [2.75, 3.05) is 18.5 Å². The Morgan fingerprint density at radius 1 is 0.841 bits per heavy atom. The van der Waals surface area contributed by atoms with E-state index in [1.165, 1.54) is 74.6 Å². The number of aromatic nitrogens is 4. The fraction of sp³-hybridized carbons (Fsp3) is 0.625. The normalized spacial score (nSPS) is 11.7. The van der Waals surface area contributed by atoms with Crippen LogP contribution in [0.25, 0.3) is 17.0 Å². The van der Waals surface area contributed by atoms with Crippen molar-refractivity contribution in [2.24, 2.45) is 0 Å². The molecule has 0 atom stereocenters. The highest BCUT2D eigenvalue weighted by atomic mass is 35.5. The Morgan fingerprint density at radius 2 is 1.41 bits per heavy atom. The van der Waals surface area contributed by atoms with E-state index in [0.29, 0.717) is 40.0 Å². The molecule has 0 spiro atoms. The van der Waals surface area contributed by atoms with E-state index in [4.69, 9.17) is 44.3 Å². The standard InChI is InChI=1S/C32H46Cl3N5O4/c1-5-6-7-8-9-10-11-12-13-14-15-16-18-43-25(41)17-19-44-31(42)36-22-20-23(33)26(24(34)21-22)29-37-30-27(35)28(32(2,3)4)38-40(30)39-29/h20-21H,5-19H2,1-4H3,(H,36,42)(H,37,39). The molecule has 244 valence electrons. The van der Waals surface area contributed by atoms with E-state index in [2.05, 4.69) is 27.4 Å². The Labute approximate surface area is 275 Å². The highest BCUT2D eigenvalue weighted by Gasteiger charge is 2.26. The zero-order valence-corrected chi connectivity index (χ0v) is 28.6. The number of esters is 1. The molecule has 3 aromatic rings. The van der Waals surface area contributed by atoms with Gasteiger partial charge in [-0.1, -0.05) is 133 Å². The van der Waals surface area contributed by atoms with Gasteiger partial charge in [-0.3, -0.25) is 10.1 Å². The number of benzene rings is 1. The van der Waals surface area contributed by atoms with Crippen LogP contribution in [0.3, 0.4) is 0 Å². The predicted octanol–water partition coefficient (Wildman–Crippen LogP) is 10.2. The average Bonchev–Trinajstić information content (AvgIpc) is 3.49. The maximum Gasteiger partial charge on any atom is 0.411 e. The van der Waals surface area contributed by atoms with Gasteiger partial charge in [0.15, 0.2) is 11.5 Å². The van der Waals surface area contributed by atoms with E-state index < -0.39 is 12.1 Å². The van der Waals surface area contributed by atoms with Gasteiger partial charge in [-0.2, -0.15) is 5.10 Å². The second-order valence-corrected chi connectivity index (χ2v) is 13.4. The number of hydrogen-bond donors (Lipinski definition) is 2. The summed E-state index contributed by atoms with van der Waals surface area (Å²) in [4.78, 5) is 27.4. The number of nitrogens with one attached hydrogen (secondary N) is 2. The number of amides is 1. The molecule has 0 saturated carbocycles. The molecule has 0 bridgehead atoms. The maximum absolute atomic E-state index is 12.3. The van der Waals surface area contributed by atoms with Crippen LogP contribution in [0.1, 0.15) is 117 Å². The summed E-state index contributed by atoms with van der Waals surface area (Å²) in [6.45, 7) is 8.56. The second-order valence-electron chi connectivity index (χ2n) is 12.2. The Balaban J connectivity index is 1.33. The number of carbonyl (C=O) groups is 2. The Morgan fingerprint density at radius 3 is 1.95 bits per heavy atom. The smallest absolute Gasteiger partial charge is 0.411 e. The SMILES string of the molecule is CCCCCCCCCCCCCCOC(=O)CCOC(=O)Nc1cc(Cl)c(-c2nn3nc(C(C)(C)C)c(Cl)c3[nH]2)c(Cl)c1. The number of halogens is 3. The minimum atomic E-state index is -0.739. The number of anilines is 1. The molecule has 44 heavy (non-hydrogen) atoms. The zero-order chi connectivity index (χ0) is 32.1. The van der Waals surface area contributed by atoms with Gasteiger partial charge in [-0.15, -0.1) is 9.73 Å². The molecule has 2 aromatic heterocycles. The summed E-state index contributed by atoms with van der Waals surface area (Å²) in [5.41, 5.74) is 1.74. The van der Waals surface area contributed by atoms with Crippen molar-refractivity contribution < 1.29 is 19.1 Å². The van der Waals surface area contributed by atoms with Gasteiger partial charge in [-0.25, -0.2) is 4.79 Å². The van der Waals surface area contributed by atoms with Gasteiger partial charge in [0.1, 0.15) is 11.6 Å². The topological polar surface area (TPSA) is 111 Å². The first kappa shape index (κ1) is 36.0. The van der Waals surface area contributed by atoms with Crippen LogP contribution >= 0.6 is 34.8 Å². The molecule has 2 heterocycles. The number of hydrogen-bond acceptors (Lipinski definition) is 6. The molecule has 0 aliphatic carbocycles. The van der Waals surface area contributed by atoms with Crippen molar-refractivity contribution in [3.8, 4) is 11.4 Å². The van der Waals surface area contributed by atoms with E-state index in [-0.39, 0.29) is 28.5 Å². The van der Waals surface area contributed by atoms with E-state index >= 15 is 0 Å². The minimum Gasteiger partial charge on any atom is -0.466 e. The fourth-order valence-corrected chi connectivity index (χ4v) is 5.95. The lowest BCUT2D eigenvalue weighted by atomic mass is 9.92. The molecule has 0 radical (unpaired) electrons. The van der Waals surface area contributed by atoms with Crippen LogP contribution in [0, 0.1) is 0 Å². The molecule has 0 fully saturated rings. The number of ether oxygens (including phenoxy) is 2. The molecule has 9 nitrogen and oxygen atoms in total. The largest absolute Gasteiger partial charge is 0.466 e. The summed E-state index contributed by atoms with van der Waals surface area (Å²) < 4.78 is 11.8. The summed E-state index contributed by atoms with van der Waals surface area (Å²) in [6, 6.07) is 3.06. The molecule has 12 heteroatoms. The highest BCUT2D eigenvalue weighted by Crippen LogP contribution is 2.38. The zero-order valence-electron chi connectivity index (χ0n) is 26.4. The molecule has 1 aromatic carbocycles. The molecule has 0 aliphatic rings. The van der Waals surface area contributed by atoms with Gasteiger partial charge in [0.25, 0.3) is 0 Å². The highest BCUT2D eigenvalue weighted by molar-refractivity contribution is 6.39. The third-order valence-corrected chi connectivity index (χ3v) is 8.23. The molecular formula is C32H46Cl3N5O4. The van der Waals surface area contributed by atoms with Gasteiger partial charge in [0, 0.05) is 11.1 Å². The Kier molecular flexibility index (Phi) is 14.6. The van der Waals surface area contributed by atoms with Crippen molar-refractivity contribution in [3.63, 3.8) is 0 Å². The quantitative estimate of drug-likeness (QED) is 0.103. The van der Waals surface area contributed by atoms with Crippen LogP contribution in [0.4, 0.5) is 10.5 Å². The fourth-order valence-electron chi connectivity index (χ4n) is 4.84. The van der Waals surface area contributed by atoms with Crippen molar-refractivity contribution in [2.45, 2.75) is 117 Å². The lowest BCUT2D eigenvalue weighted by Crippen LogP contribution is -2.17. The van der Waals surface area contributed by atoms with Crippen molar-refractivity contribution in [1.29, 1.82) is 0 Å². The van der Waals surface area contributed by atoms with Crippen molar-refractivity contribution in [1.82, 2.24) is 19.8 Å². The number of aromatic amines is 1. The van der Waals surface area contributed by atoms with Gasteiger partial charge >= 0.3 is 12.1 Å². The number of fused-ring (bicyclic) bond motifs is 1. The van der Waals surface area contributed by atoms with Crippen molar-refractivity contribution in [3.05, 3.63) is 32.9 Å². The molecule has 1 amide bonds. The molecule has 0 aliphatic heterocycles. The van der Waals surface area contributed by atoms with E-state index in [0.717, 1.165) is 19.3 Å². The van der Waals surface area contributed by atoms with Crippen molar-refractivity contribution >= 4 is 58.2 Å². The molecule has 0 saturated heterocycles. The summed E-state index contributed by atoms with van der Waals surface area (Å²) in [5, 5.41) is 12.5. The van der Waals surface area contributed by atoms with E-state index in [1.54, 1.807) is 0 Å². The van der Waals surface area contributed by atoms with E-state index in [1.807, 2.05) is 20.8 Å². The van der Waals surface area contributed by atoms with Crippen LogP contribution in [0.5, 0.6) is 0 Å². The number of nitrogens with zero attached hydrogens (tertiary/aromatic N) is 3. The summed E-state index contributed by atoms with van der Waals surface area (Å²) in [5.74, 6) is -0.0168. The Hall–Kier alpha value is -2.49. The third-order valence-electron chi connectivity index (χ3n) is 7.28. The predicted molar refractivity (Wildman–Crippen MR) is 178 cm³/mol. The number of unbranched alkanes of at least 4 members (excludes halogenated alkanes) is 11. The van der Waals surface area contributed by atoms with Crippen LogP contribution < -0.4 is 5.32 Å². The lowest BCUT2D eigenvalue weighted by Gasteiger charge is -2.14. The second kappa shape index (κ2) is 17.9. The molecule has 0 unspecified atom stereocenters. The summed E-state index contributed by atoms with van der Waals surface area (Å²) in [6.07, 6.45) is 14.2. The third kappa shape index (κ3) is 11.1. The van der Waals surface area contributed by atoms with Gasteiger partial charge in [0.2, 0.25) is 0 Å². The summed E-state index contributed by atoms with van der Waals surface area (Å²) >= 11 is 19.5.